The Balaban J connectivity index is 2.47. The number of para-hydroxylation sites is 1. The molecule has 21 heavy (non-hydrogen) atoms. The van der Waals surface area contributed by atoms with Gasteiger partial charge in [0.25, 0.3) is 0 Å². The molecule has 1 aromatic rings. The molecule has 7 nitrogen and oxygen atoms in total. The Morgan fingerprint density at radius 1 is 1.38 bits per heavy atom. The fourth-order valence-corrected chi connectivity index (χ4v) is 3.37. The lowest BCUT2D eigenvalue weighted by Crippen LogP contribution is -2.49. The number of hydrogen-bond donors (Lipinski definition) is 3. The molecule has 0 bridgehead atoms. The van der Waals surface area contributed by atoms with Gasteiger partial charge in [0.2, 0.25) is 15.9 Å². The normalized spacial score (nSPS) is 19.3. The summed E-state index contributed by atoms with van der Waals surface area (Å²) < 4.78 is 23.1. The first-order valence-electron chi connectivity index (χ1n) is 6.75. The van der Waals surface area contributed by atoms with E-state index in [4.69, 9.17) is 10.9 Å². The molecule has 1 amide bonds. The molecule has 0 aromatic heterocycles. The highest BCUT2D eigenvalue weighted by Crippen LogP contribution is 2.33. The number of carbonyl (C=O) groups excluding carboxylic acids is 1. The van der Waals surface area contributed by atoms with E-state index in [-0.39, 0.29) is 22.5 Å². The van der Waals surface area contributed by atoms with E-state index in [1.165, 1.54) is 6.07 Å². The molecule has 5 N–H and O–H groups in total. The van der Waals surface area contributed by atoms with E-state index < -0.39 is 10.0 Å². The van der Waals surface area contributed by atoms with Crippen molar-refractivity contribution in [3.8, 4) is 0 Å². The van der Waals surface area contributed by atoms with Gasteiger partial charge in [0, 0.05) is 13.6 Å². The average molecular weight is 312 g/mol. The highest BCUT2D eigenvalue weighted by atomic mass is 32.2. The number of nitrogens with one attached hydrogen (secondary N) is 1. The highest BCUT2D eigenvalue weighted by Gasteiger charge is 2.30. The van der Waals surface area contributed by atoms with Crippen LogP contribution >= 0.6 is 0 Å². The maximum atomic E-state index is 12.0. The molecule has 1 unspecified atom stereocenters. The van der Waals surface area contributed by atoms with Gasteiger partial charge in [0.1, 0.15) is 10.9 Å². The molecule has 1 atom stereocenters. The third-order valence-corrected chi connectivity index (χ3v) is 4.68. The molecule has 1 aliphatic rings. The summed E-state index contributed by atoms with van der Waals surface area (Å²) >= 11 is 0. The summed E-state index contributed by atoms with van der Waals surface area (Å²) in [6.07, 6.45) is 2.58. The molecule has 2 rings (SSSR count). The Hall–Kier alpha value is -1.80. The molecule has 1 aliphatic heterocycles. The predicted molar refractivity (Wildman–Crippen MR) is 81.3 cm³/mol. The van der Waals surface area contributed by atoms with Crippen LogP contribution in [0.2, 0.25) is 0 Å². The number of sulfonamides is 1. The number of hydrogen-bond acceptors (Lipinski definition) is 5. The number of primary sulfonamides is 1. The van der Waals surface area contributed by atoms with Gasteiger partial charge in [-0.3, -0.25) is 4.79 Å². The van der Waals surface area contributed by atoms with Crippen LogP contribution in [0.3, 0.4) is 0 Å². The second kappa shape index (κ2) is 5.90. The Morgan fingerprint density at radius 2 is 2.10 bits per heavy atom. The van der Waals surface area contributed by atoms with Crippen LogP contribution in [0.1, 0.15) is 19.3 Å². The molecule has 0 saturated carbocycles. The van der Waals surface area contributed by atoms with Crippen molar-refractivity contribution in [2.24, 2.45) is 5.14 Å². The van der Waals surface area contributed by atoms with Gasteiger partial charge in [0.15, 0.2) is 0 Å². The lowest BCUT2D eigenvalue weighted by Gasteiger charge is -2.37. The van der Waals surface area contributed by atoms with Gasteiger partial charge in [-0.1, -0.05) is 6.07 Å². The quantitative estimate of drug-likeness (QED) is 0.680. The number of nitrogen functional groups attached to an aromatic ring is 1. The van der Waals surface area contributed by atoms with E-state index in [9.17, 15) is 13.2 Å². The Kier molecular flexibility index (Phi) is 4.38. The first-order chi connectivity index (χ1) is 9.86. The van der Waals surface area contributed by atoms with Gasteiger partial charge in [-0.05, 0) is 31.4 Å². The van der Waals surface area contributed by atoms with Gasteiger partial charge in [-0.2, -0.15) is 0 Å². The Morgan fingerprint density at radius 3 is 2.71 bits per heavy atom. The van der Waals surface area contributed by atoms with Crippen molar-refractivity contribution in [2.75, 3.05) is 24.2 Å². The number of carbonyl (C=O) groups is 1. The first kappa shape index (κ1) is 15.6. The minimum Gasteiger partial charge on any atom is -0.396 e. The van der Waals surface area contributed by atoms with Gasteiger partial charge < -0.3 is 16.0 Å². The lowest BCUT2D eigenvalue weighted by atomic mass is 10.00. The number of likely N-dealkylation sites (N-methyl/N-ethyl adjacent to an activating group) is 1. The summed E-state index contributed by atoms with van der Waals surface area (Å²) in [6, 6.07) is 4.32. The number of amides is 1. The van der Waals surface area contributed by atoms with E-state index in [1.807, 2.05) is 4.90 Å². The Bertz CT molecular complexity index is 645. The minimum atomic E-state index is -3.89. The van der Waals surface area contributed by atoms with E-state index in [0.717, 1.165) is 12.8 Å². The van der Waals surface area contributed by atoms with Crippen LogP contribution in [0.5, 0.6) is 0 Å². The number of piperidine rings is 1. The number of nitrogens with zero attached hydrogens (tertiary/aromatic N) is 1. The van der Waals surface area contributed by atoms with E-state index in [0.29, 0.717) is 18.7 Å². The minimum absolute atomic E-state index is 0.0933. The fraction of sp³-hybridized carbons (Fsp3) is 0.462. The number of rotatable bonds is 3. The molecule has 1 heterocycles. The van der Waals surface area contributed by atoms with Crippen LogP contribution in [0.15, 0.2) is 23.1 Å². The maximum absolute atomic E-state index is 12.0. The molecule has 1 saturated heterocycles. The summed E-state index contributed by atoms with van der Waals surface area (Å²) in [4.78, 5) is 13.8. The molecule has 0 aliphatic carbocycles. The van der Waals surface area contributed by atoms with Crippen molar-refractivity contribution >= 4 is 27.3 Å². The van der Waals surface area contributed by atoms with Crippen molar-refractivity contribution in [1.29, 1.82) is 0 Å². The smallest absolute Gasteiger partial charge is 0.242 e. The third-order valence-electron chi connectivity index (χ3n) is 3.71. The summed E-state index contributed by atoms with van der Waals surface area (Å²) in [7, 11) is -2.31. The van der Waals surface area contributed by atoms with Crippen LogP contribution in [0.25, 0.3) is 0 Å². The van der Waals surface area contributed by atoms with Crippen molar-refractivity contribution in [1.82, 2.24) is 5.32 Å². The fourth-order valence-electron chi connectivity index (χ4n) is 2.69. The summed E-state index contributed by atoms with van der Waals surface area (Å²) in [5.74, 6) is -0.102. The van der Waals surface area contributed by atoms with Crippen molar-refractivity contribution in [2.45, 2.75) is 30.2 Å². The maximum Gasteiger partial charge on any atom is 0.242 e. The molecule has 1 fully saturated rings. The van der Waals surface area contributed by atoms with Crippen molar-refractivity contribution in [3.05, 3.63) is 18.2 Å². The van der Waals surface area contributed by atoms with Crippen LogP contribution in [0.4, 0.5) is 11.4 Å². The van der Waals surface area contributed by atoms with Crippen LogP contribution in [0, 0.1) is 0 Å². The monoisotopic (exact) mass is 312 g/mol. The van der Waals surface area contributed by atoms with Gasteiger partial charge in [-0.25, -0.2) is 13.6 Å². The lowest BCUT2D eigenvalue weighted by molar-refractivity contribution is -0.122. The van der Waals surface area contributed by atoms with Crippen molar-refractivity contribution < 1.29 is 13.2 Å². The summed E-state index contributed by atoms with van der Waals surface area (Å²) in [5.41, 5.74) is 6.60. The number of nitrogens with two attached hydrogens (primary N) is 2. The average Bonchev–Trinajstić information content (AvgIpc) is 2.45. The largest absolute Gasteiger partial charge is 0.396 e. The number of benzene rings is 1. The zero-order valence-electron chi connectivity index (χ0n) is 11.9. The van der Waals surface area contributed by atoms with E-state index >= 15 is 0 Å². The molecule has 0 spiro atoms. The van der Waals surface area contributed by atoms with Crippen LogP contribution < -0.4 is 21.1 Å². The first-order valence-corrected chi connectivity index (χ1v) is 8.30. The SMILES string of the molecule is CNC(=O)C1CCCCN1c1cccc(S(N)(=O)=O)c1N. The standard InChI is InChI=1S/C13H20N4O3S/c1-16-13(18)10-5-2-3-8-17(10)9-6-4-7-11(12(9)14)21(15,19)20/h4,6-7,10H,2-3,5,8,14H2,1H3,(H,16,18)(H2,15,19,20). The zero-order chi connectivity index (χ0) is 15.6. The topological polar surface area (TPSA) is 119 Å². The second-order valence-electron chi connectivity index (χ2n) is 5.05. The molecule has 1 aromatic carbocycles. The Labute approximate surface area is 124 Å². The van der Waals surface area contributed by atoms with Gasteiger partial charge in [-0.15, -0.1) is 0 Å². The molecular formula is C13H20N4O3S. The predicted octanol–water partition coefficient (Wildman–Crippen LogP) is 0.0211. The summed E-state index contributed by atoms with van der Waals surface area (Å²) in [5, 5.41) is 7.81. The number of anilines is 2. The molecule has 0 radical (unpaired) electrons. The molecule has 116 valence electrons. The summed E-state index contributed by atoms with van der Waals surface area (Å²) in [6.45, 7) is 0.649. The van der Waals surface area contributed by atoms with Gasteiger partial charge >= 0.3 is 0 Å². The van der Waals surface area contributed by atoms with Crippen molar-refractivity contribution in [3.63, 3.8) is 0 Å². The molecule has 8 heteroatoms. The van der Waals surface area contributed by atoms with E-state index in [2.05, 4.69) is 5.32 Å². The van der Waals surface area contributed by atoms with Gasteiger partial charge in [0.05, 0.1) is 11.4 Å². The third kappa shape index (κ3) is 3.11. The van der Waals surface area contributed by atoms with E-state index in [1.54, 1.807) is 19.2 Å². The second-order valence-corrected chi connectivity index (χ2v) is 6.58. The van der Waals surface area contributed by atoms with Crippen LogP contribution in [-0.2, 0) is 14.8 Å². The van der Waals surface area contributed by atoms with Crippen LogP contribution in [-0.4, -0.2) is 34.0 Å². The zero-order valence-corrected chi connectivity index (χ0v) is 12.7. The molecular weight excluding hydrogens is 292 g/mol. The highest BCUT2D eigenvalue weighted by molar-refractivity contribution is 7.89.